The van der Waals surface area contributed by atoms with Crippen molar-refractivity contribution in [3.63, 3.8) is 0 Å². The first-order valence-corrected chi connectivity index (χ1v) is 5.05. The van der Waals surface area contributed by atoms with Gasteiger partial charge in [-0.25, -0.2) is 0 Å². The van der Waals surface area contributed by atoms with E-state index >= 15 is 0 Å². The standard InChI is InChI=1S/C3H7N.C3H10O3Si/c1-2-4-3-1;1-4-7(5-2)6-3/h4H,1-3H2;7H,1-3H3. The smallest absolute Gasteiger partial charge is 0.379 e. The maximum atomic E-state index is 4.74. The van der Waals surface area contributed by atoms with Gasteiger partial charge in [-0.2, -0.15) is 0 Å². The van der Waals surface area contributed by atoms with E-state index in [9.17, 15) is 0 Å². The summed E-state index contributed by atoms with van der Waals surface area (Å²) in [5, 5.41) is 3.11. The Morgan fingerprint density at radius 1 is 1.00 bits per heavy atom. The third kappa shape index (κ3) is 6.45. The fraction of sp³-hybridized carbons (Fsp3) is 1.00. The minimum Gasteiger partial charge on any atom is -0.379 e. The lowest BCUT2D eigenvalue weighted by Gasteiger charge is -2.09. The lowest BCUT2D eigenvalue weighted by Crippen LogP contribution is -2.29. The summed E-state index contributed by atoms with van der Waals surface area (Å²) in [4.78, 5) is 0. The Hall–Kier alpha value is 0.0569. The molecule has 1 saturated heterocycles. The van der Waals surface area contributed by atoms with Crippen LogP contribution in [-0.2, 0) is 13.3 Å². The van der Waals surface area contributed by atoms with Gasteiger partial charge in [0, 0.05) is 21.3 Å². The zero-order chi connectivity index (χ0) is 8.53. The maximum Gasteiger partial charge on any atom is 0.483 e. The molecule has 1 aliphatic heterocycles. The Morgan fingerprint density at radius 3 is 1.27 bits per heavy atom. The van der Waals surface area contributed by atoms with Gasteiger partial charge in [0.15, 0.2) is 0 Å². The molecule has 1 N–H and O–H groups in total. The van der Waals surface area contributed by atoms with Crippen molar-refractivity contribution in [2.45, 2.75) is 6.42 Å². The zero-order valence-corrected chi connectivity index (χ0v) is 8.58. The third-order valence-electron chi connectivity index (χ3n) is 1.28. The van der Waals surface area contributed by atoms with Gasteiger partial charge in [0.2, 0.25) is 0 Å². The van der Waals surface area contributed by atoms with E-state index in [0.29, 0.717) is 0 Å². The predicted octanol–water partition coefficient (Wildman–Crippen LogP) is -0.378. The number of nitrogens with one attached hydrogen (secondary N) is 1. The van der Waals surface area contributed by atoms with Crippen LogP contribution >= 0.6 is 0 Å². The SMILES string of the molecule is C1CNC1.CO[SiH](OC)OC. The second-order valence-electron chi connectivity index (χ2n) is 2.10. The Balaban J connectivity index is 0.000000207. The normalized spacial score (nSPS) is 15.3. The van der Waals surface area contributed by atoms with E-state index in [1.807, 2.05) is 0 Å². The molecule has 0 aromatic rings. The molecule has 0 radical (unpaired) electrons. The molecular weight excluding hydrogens is 162 g/mol. The van der Waals surface area contributed by atoms with Gasteiger partial charge in [-0.3, -0.25) is 0 Å². The molecule has 0 bridgehead atoms. The number of hydrogen-bond acceptors (Lipinski definition) is 4. The highest BCUT2D eigenvalue weighted by Gasteiger charge is 2.04. The second-order valence-corrected chi connectivity index (χ2v) is 4.09. The van der Waals surface area contributed by atoms with Crippen LogP contribution in [0.4, 0.5) is 0 Å². The quantitative estimate of drug-likeness (QED) is 0.600. The van der Waals surface area contributed by atoms with Crippen molar-refractivity contribution in [2.75, 3.05) is 34.4 Å². The molecule has 0 unspecified atom stereocenters. The Kier molecular flexibility index (Phi) is 8.20. The predicted molar refractivity (Wildman–Crippen MR) is 45.7 cm³/mol. The maximum absolute atomic E-state index is 4.74. The van der Waals surface area contributed by atoms with Crippen molar-refractivity contribution in [1.82, 2.24) is 5.32 Å². The summed E-state index contributed by atoms with van der Waals surface area (Å²) in [7, 11) is 3.05. The Morgan fingerprint density at radius 2 is 1.27 bits per heavy atom. The first-order chi connectivity index (χ1) is 5.35. The molecule has 0 aromatic carbocycles. The molecule has 0 atom stereocenters. The van der Waals surface area contributed by atoms with Gasteiger partial charge < -0.3 is 18.6 Å². The summed E-state index contributed by atoms with van der Waals surface area (Å²) >= 11 is 0. The lowest BCUT2D eigenvalue weighted by atomic mass is 10.3. The van der Waals surface area contributed by atoms with Crippen molar-refractivity contribution in [3.05, 3.63) is 0 Å². The highest BCUT2D eigenvalue weighted by Crippen LogP contribution is 1.81. The first kappa shape index (κ1) is 11.1. The molecule has 1 aliphatic rings. The summed E-state index contributed by atoms with van der Waals surface area (Å²) in [5.41, 5.74) is 0. The van der Waals surface area contributed by atoms with Crippen LogP contribution in [0, 0.1) is 0 Å². The van der Waals surface area contributed by atoms with Crippen molar-refractivity contribution in [3.8, 4) is 0 Å². The molecule has 68 valence electrons. The van der Waals surface area contributed by atoms with Gasteiger partial charge in [-0.05, 0) is 19.5 Å². The van der Waals surface area contributed by atoms with Crippen molar-refractivity contribution >= 4 is 9.53 Å². The fourth-order valence-corrected chi connectivity index (χ4v) is 1.04. The summed E-state index contributed by atoms with van der Waals surface area (Å²) < 4.78 is 14.2. The van der Waals surface area contributed by atoms with Crippen LogP contribution in [-0.4, -0.2) is 43.9 Å². The van der Waals surface area contributed by atoms with Crippen LogP contribution < -0.4 is 5.32 Å². The van der Waals surface area contributed by atoms with E-state index in [0.717, 1.165) is 0 Å². The molecule has 0 amide bonds. The number of rotatable bonds is 3. The minimum atomic E-state index is -1.67. The largest absolute Gasteiger partial charge is 0.483 e. The summed E-state index contributed by atoms with van der Waals surface area (Å²) in [5.74, 6) is 0. The van der Waals surface area contributed by atoms with Gasteiger partial charge in [-0.15, -0.1) is 0 Å². The Labute approximate surface area is 69.8 Å². The molecule has 1 rings (SSSR count). The van der Waals surface area contributed by atoms with Crippen LogP contribution in [0.3, 0.4) is 0 Å². The van der Waals surface area contributed by atoms with E-state index in [1.54, 1.807) is 21.3 Å². The number of hydrogen-bond donors (Lipinski definition) is 1. The van der Waals surface area contributed by atoms with Crippen molar-refractivity contribution < 1.29 is 13.3 Å². The van der Waals surface area contributed by atoms with Crippen LogP contribution in [0.1, 0.15) is 6.42 Å². The van der Waals surface area contributed by atoms with E-state index in [1.165, 1.54) is 19.5 Å². The van der Waals surface area contributed by atoms with Gasteiger partial charge in [0.1, 0.15) is 0 Å². The van der Waals surface area contributed by atoms with E-state index in [-0.39, 0.29) is 0 Å². The van der Waals surface area contributed by atoms with Gasteiger partial charge in [-0.1, -0.05) is 0 Å². The highest BCUT2D eigenvalue weighted by atomic mass is 28.3. The summed E-state index contributed by atoms with van der Waals surface area (Å²) in [6.45, 7) is 2.50. The van der Waals surface area contributed by atoms with Gasteiger partial charge in [0.25, 0.3) is 0 Å². The topological polar surface area (TPSA) is 39.7 Å². The van der Waals surface area contributed by atoms with E-state index < -0.39 is 9.53 Å². The molecular formula is C6H17NO3Si. The van der Waals surface area contributed by atoms with Crippen molar-refractivity contribution in [2.24, 2.45) is 0 Å². The van der Waals surface area contributed by atoms with Crippen LogP contribution in [0.15, 0.2) is 0 Å². The molecule has 1 fully saturated rings. The minimum absolute atomic E-state index is 1.25. The van der Waals surface area contributed by atoms with Gasteiger partial charge in [0.05, 0.1) is 0 Å². The molecule has 0 aliphatic carbocycles. The molecule has 1 heterocycles. The molecule has 11 heavy (non-hydrogen) atoms. The van der Waals surface area contributed by atoms with E-state index in [2.05, 4.69) is 5.32 Å². The highest BCUT2D eigenvalue weighted by molar-refractivity contribution is 6.36. The average Bonchev–Trinajstić information content (AvgIpc) is 1.88. The Bertz CT molecular complexity index is 66.7. The second kappa shape index (κ2) is 8.16. The van der Waals surface area contributed by atoms with E-state index in [4.69, 9.17) is 13.3 Å². The molecule has 0 aromatic heterocycles. The van der Waals surface area contributed by atoms with Crippen molar-refractivity contribution in [1.29, 1.82) is 0 Å². The average molecular weight is 179 g/mol. The summed E-state index contributed by atoms with van der Waals surface area (Å²) in [6, 6.07) is 0. The zero-order valence-electron chi connectivity index (χ0n) is 7.42. The monoisotopic (exact) mass is 179 g/mol. The lowest BCUT2D eigenvalue weighted by molar-refractivity contribution is 0.163. The van der Waals surface area contributed by atoms with Crippen LogP contribution in [0.5, 0.6) is 0 Å². The van der Waals surface area contributed by atoms with Crippen LogP contribution in [0.25, 0.3) is 0 Å². The van der Waals surface area contributed by atoms with Crippen LogP contribution in [0.2, 0.25) is 0 Å². The first-order valence-electron chi connectivity index (χ1n) is 3.64. The third-order valence-corrected chi connectivity index (χ3v) is 2.44. The van der Waals surface area contributed by atoms with Gasteiger partial charge >= 0.3 is 9.53 Å². The molecule has 5 heteroatoms. The molecule has 0 saturated carbocycles. The summed E-state index contributed by atoms with van der Waals surface area (Å²) in [6.07, 6.45) is 1.39. The fourth-order valence-electron chi connectivity index (χ4n) is 0.465. The molecule has 0 spiro atoms. The molecule has 4 nitrogen and oxygen atoms in total.